The molecule has 0 radical (unpaired) electrons. The summed E-state index contributed by atoms with van der Waals surface area (Å²) in [4.78, 5) is 4.46. The van der Waals surface area contributed by atoms with Crippen molar-refractivity contribution in [1.82, 2.24) is 9.62 Å². The van der Waals surface area contributed by atoms with Crippen LogP contribution in [-0.2, 0) is 10.0 Å². The molecule has 1 aromatic rings. The summed E-state index contributed by atoms with van der Waals surface area (Å²) in [7, 11) is -3.41. The van der Waals surface area contributed by atoms with Gasteiger partial charge in [0.05, 0.1) is 4.90 Å². The van der Waals surface area contributed by atoms with E-state index in [4.69, 9.17) is 0 Å². The number of aliphatic hydroxyl groups is 1. The Balaban J connectivity index is 1.86. The summed E-state index contributed by atoms with van der Waals surface area (Å²) >= 11 is 1.50. The number of hydrogen-bond donors (Lipinski definition) is 2. The van der Waals surface area contributed by atoms with Crippen molar-refractivity contribution in [2.75, 3.05) is 32.8 Å². The maximum Gasteiger partial charge on any atom is 0.241 e. The summed E-state index contributed by atoms with van der Waals surface area (Å²) in [5, 5.41) is 9.21. The van der Waals surface area contributed by atoms with E-state index >= 15 is 0 Å². The lowest BCUT2D eigenvalue weighted by Crippen LogP contribution is -2.41. The van der Waals surface area contributed by atoms with Crippen molar-refractivity contribution in [3.8, 4) is 0 Å². The predicted octanol–water partition coefficient (Wildman–Crippen LogP) is 1.35. The van der Waals surface area contributed by atoms with Gasteiger partial charge in [0.25, 0.3) is 0 Å². The standard InChI is InChI=1S/C14H24N2O3S2/c1-11-8-14(12(2)20-11)21(18,19)15-5-7-16-6-3-4-13(9-16)10-17/h8,13,15,17H,3-7,9-10H2,1-2H3/t13-/m1/s1. The SMILES string of the molecule is Cc1cc(S(=O)(=O)NCCN2CCC[C@@H](CO)C2)c(C)s1. The molecule has 0 amide bonds. The Morgan fingerprint density at radius 3 is 2.86 bits per heavy atom. The molecule has 1 atom stereocenters. The van der Waals surface area contributed by atoms with E-state index in [9.17, 15) is 13.5 Å². The predicted molar refractivity (Wildman–Crippen MR) is 85.2 cm³/mol. The van der Waals surface area contributed by atoms with E-state index < -0.39 is 10.0 Å². The third-order valence-corrected chi connectivity index (χ3v) is 6.55. The maximum absolute atomic E-state index is 12.3. The first-order valence-electron chi connectivity index (χ1n) is 7.32. The van der Waals surface area contributed by atoms with Crippen molar-refractivity contribution in [1.29, 1.82) is 0 Å². The monoisotopic (exact) mass is 332 g/mol. The van der Waals surface area contributed by atoms with Crippen LogP contribution in [-0.4, -0.2) is 51.2 Å². The maximum atomic E-state index is 12.3. The molecule has 0 spiro atoms. The fraction of sp³-hybridized carbons (Fsp3) is 0.714. The molecule has 120 valence electrons. The highest BCUT2D eigenvalue weighted by Gasteiger charge is 2.21. The van der Waals surface area contributed by atoms with Gasteiger partial charge in [0.2, 0.25) is 10.0 Å². The van der Waals surface area contributed by atoms with Gasteiger partial charge in [0.15, 0.2) is 0 Å². The Bertz CT molecular complexity index is 569. The molecular formula is C14H24N2O3S2. The molecule has 1 fully saturated rings. The van der Waals surface area contributed by atoms with Crippen LogP contribution in [0.4, 0.5) is 0 Å². The lowest BCUT2D eigenvalue weighted by molar-refractivity contribution is 0.122. The van der Waals surface area contributed by atoms with Crippen LogP contribution < -0.4 is 4.72 Å². The summed E-state index contributed by atoms with van der Waals surface area (Å²) in [6.45, 7) is 6.91. The number of nitrogens with zero attached hydrogens (tertiary/aromatic N) is 1. The summed E-state index contributed by atoms with van der Waals surface area (Å²) in [5.74, 6) is 0.331. The summed E-state index contributed by atoms with van der Waals surface area (Å²) in [5.41, 5.74) is 0. The summed E-state index contributed by atoms with van der Waals surface area (Å²) in [6.07, 6.45) is 2.13. The van der Waals surface area contributed by atoms with Crippen LogP contribution in [0, 0.1) is 19.8 Å². The second kappa shape index (κ2) is 7.19. The average molecular weight is 332 g/mol. The Morgan fingerprint density at radius 1 is 1.48 bits per heavy atom. The number of rotatable bonds is 6. The zero-order valence-electron chi connectivity index (χ0n) is 12.6. The number of nitrogens with one attached hydrogen (secondary N) is 1. The molecule has 0 aromatic carbocycles. The fourth-order valence-electron chi connectivity index (χ4n) is 2.79. The number of thiophene rings is 1. The summed E-state index contributed by atoms with van der Waals surface area (Å²) in [6, 6.07) is 1.73. The van der Waals surface area contributed by atoms with E-state index in [1.54, 1.807) is 6.07 Å². The van der Waals surface area contributed by atoms with Crippen LogP contribution in [0.5, 0.6) is 0 Å². The van der Waals surface area contributed by atoms with E-state index in [-0.39, 0.29) is 6.61 Å². The minimum absolute atomic E-state index is 0.218. The van der Waals surface area contributed by atoms with Crippen molar-refractivity contribution in [3.63, 3.8) is 0 Å². The highest BCUT2D eigenvalue weighted by Crippen LogP contribution is 2.24. The lowest BCUT2D eigenvalue weighted by Gasteiger charge is -2.31. The first-order chi connectivity index (χ1) is 9.92. The highest BCUT2D eigenvalue weighted by atomic mass is 32.2. The number of hydrogen-bond acceptors (Lipinski definition) is 5. The van der Waals surface area contributed by atoms with E-state index in [0.717, 1.165) is 35.7 Å². The molecule has 1 aromatic heterocycles. The average Bonchev–Trinajstić information content (AvgIpc) is 2.78. The van der Waals surface area contributed by atoms with E-state index in [1.807, 2.05) is 13.8 Å². The van der Waals surface area contributed by atoms with Crippen LogP contribution in [0.3, 0.4) is 0 Å². The van der Waals surface area contributed by atoms with Gasteiger partial charge in [-0.15, -0.1) is 11.3 Å². The molecule has 2 N–H and O–H groups in total. The third kappa shape index (κ3) is 4.50. The molecule has 1 saturated heterocycles. The topological polar surface area (TPSA) is 69.6 Å². The number of piperidine rings is 1. The number of sulfonamides is 1. The van der Waals surface area contributed by atoms with Crippen LogP contribution in [0.2, 0.25) is 0 Å². The lowest BCUT2D eigenvalue weighted by atomic mass is 9.99. The van der Waals surface area contributed by atoms with E-state index in [1.165, 1.54) is 11.3 Å². The van der Waals surface area contributed by atoms with Crippen molar-refractivity contribution < 1.29 is 13.5 Å². The van der Waals surface area contributed by atoms with Gasteiger partial charge in [-0.05, 0) is 45.2 Å². The van der Waals surface area contributed by atoms with Crippen LogP contribution >= 0.6 is 11.3 Å². The molecule has 2 rings (SSSR count). The van der Waals surface area contributed by atoms with Gasteiger partial charge in [-0.1, -0.05) is 0 Å². The molecule has 1 aliphatic heterocycles. The minimum Gasteiger partial charge on any atom is -0.396 e. The summed E-state index contributed by atoms with van der Waals surface area (Å²) < 4.78 is 27.2. The van der Waals surface area contributed by atoms with Crippen LogP contribution in [0.25, 0.3) is 0 Å². The van der Waals surface area contributed by atoms with Gasteiger partial charge < -0.3 is 10.0 Å². The molecule has 1 aliphatic rings. The van der Waals surface area contributed by atoms with Gasteiger partial charge >= 0.3 is 0 Å². The second-order valence-corrected chi connectivity index (χ2v) is 8.86. The Kier molecular flexibility index (Phi) is 5.79. The molecule has 0 unspecified atom stereocenters. The van der Waals surface area contributed by atoms with Crippen LogP contribution in [0.15, 0.2) is 11.0 Å². The van der Waals surface area contributed by atoms with Gasteiger partial charge in [-0.25, -0.2) is 13.1 Å². The van der Waals surface area contributed by atoms with Crippen molar-refractivity contribution >= 4 is 21.4 Å². The first kappa shape index (κ1) is 16.9. The molecule has 0 saturated carbocycles. The number of aliphatic hydroxyl groups excluding tert-OH is 1. The Morgan fingerprint density at radius 2 is 2.24 bits per heavy atom. The molecule has 2 heterocycles. The van der Waals surface area contributed by atoms with Gasteiger partial charge in [-0.2, -0.15) is 0 Å². The Labute approximate surface area is 131 Å². The molecule has 0 aliphatic carbocycles. The largest absolute Gasteiger partial charge is 0.396 e. The van der Waals surface area contributed by atoms with Crippen molar-refractivity contribution in [2.24, 2.45) is 5.92 Å². The molecular weight excluding hydrogens is 308 g/mol. The second-order valence-electron chi connectivity index (χ2n) is 5.67. The number of aryl methyl sites for hydroxylation is 2. The minimum atomic E-state index is -3.41. The zero-order valence-corrected chi connectivity index (χ0v) is 14.3. The normalized spacial score (nSPS) is 20.8. The highest BCUT2D eigenvalue weighted by molar-refractivity contribution is 7.89. The van der Waals surface area contributed by atoms with Crippen molar-refractivity contribution in [2.45, 2.75) is 31.6 Å². The third-order valence-electron chi connectivity index (χ3n) is 3.87. The van der Waals surface area contributed by atoms with Gasteiger partial charge in [0, 0.05) is 36.0 Å². The van der Waals surface area contributed by atoms with Crippen LogP contribution in [0.1, 0.15) is 22.6 Å². The molecule has 0 bridgehead atoms. The van der Waals surface area contributed by atoms with Gasteiger partial charge in [0.1, 0.15) is 0 Å². The Hall–Kier alpha value is -0.470. The molecule has 21 heavy (non-hydrogen) atoms. The quantitative estimate of drug-likeness (QED) is 0.825. The van der Waals surface area contributed by atoms with E-state index in [0.29, 0.717) is 23.9 Å². The number of likely N-dealkylation sites (tertiary alicyclic amines) is 1. The first-order valence-corrected chi connectivity index (χ1v) is 9.62. The molecule has 7 heteroatoms. The van der Waals surface area contributed by atoms with Gasteiger partial charge in [-0.3, -0.25) is 0 Å². The van der Waals surface area contributed by atoms with E-state index in [2.05, 4.69) is 9.62 Å². The zero-order chi connectivity index (χ0) is 15.5. The molecule has 5 nitrogen and oxygen atoms in total. The fourth-order valence-corrected chi connectivity index (χ4v) is 5.37. The smallest absolute Gasteiger partial charge is 0.241 e. The van der Waals surface area contributed by atoms with Crippen molar-refractivity contribution in [3.05, 3.63) is 15.8 Å².